The van der Waals surface area contributed by atoms with Crippen LogP contribution in [0.15, 0.2) is 30.3 Å². The molecule has 0 fully saturated rings. The van der Waals surface area contributed by atoms with E-state index in [1.165, 1.54) is 14.0 Å². The molecule has 0 amide bonds. The van der Waals surface area contributed by atoms with Gasteiger partial charge in [0.15, 0.2) is 11.5 Å². The van der Waals surface area contributed by atoms with Crippen molar-refractivity contribution >= 4 is 5.78 Å². The zero-order chi connectivity index (χ0) is 12.2. The minimum absolute atomic E-state index is 0.202. The van der Waals surface area contributed by atoms with Crippen LogP contribution in [0.3, 0.4) is 0 Å². The first-order chi connectivity index (χ1) is 7.49. The zero-order valence-corrected chi connectivity index (χ0v) is 9.44. The highest BCUT2D eigenvalue weighted by molar-refractivity contribution is 6.00. The average molecular weight is 225 g/mol. The number of rotatable bonds is 5. The van der Waals surface area contributed by atoms with E-state index < -0.39 is 17.5 Å². The van der Waals surface area contributed by atoms with Crippen molar-refractivity contribution in [3.63, 3.8) is 0 Å². The normalized spacial score (nSPS) is 16.5. The van der Waals surface area contributed by atoms with Gasteiger partial charge in [-0.1, -0.05) is 30.3 Å². The Morgan fingerprint density at radius 3 is 2.56 bits per heavy atom. The van der Waals surface area contributed by atoms with Gasteiger partial charge in [0.1, 0.15) is 6.04 Å². The third-order valence-electron chi connectivity index (χ3n) is 2.42. The molecule has 2 atom stereocenters. The molecule has 4 heteroatoms. The standard InChI is InChI=1S/C12H16FNO2/c1-12(13,8-16-2)11(14)10(15)9-6-4-3-5-7-9/h3-7,11H,8,14H2,1-2H3/t11-,12-/m1/s1. The lowest BCUT2D eigenvalue weighted by atomic mass is 9.92. The Kier molecular flexibility index (Phi) is 4.15. The maximum atomic E-state index is 13.9. The van der Waals surface area contributed by atoms with Crippen molar-refractivity contribution in [2.75, 3.05) is 13.7 Å². The Morgan fingerprint density at radius 1 is 1.50 bits per heavy atom. The first-order valence-corrected chi connectivity index (χ1v) is 5.01. The molecular formula is C12H16FNO2. The Balaban J connectivity index is 2.82. The van der Waals surface area contributed by atoms with Crippen molar-refractivity contribution in [3.8, 4) is 0 Å². The van der Waals surface area contributed by atoms with Crippen LogP contribution in [0.4, 0.5) is 4.39 Å². The topological polar surface area (TPSA) is 52.3 Å². The van der Waals surface area contributed by atoms with Crippen LogP contribution in [0.5, 0.6) is 0 Å². The van der Waals surface area contributed by atoms with E-state index in [0.717, 1.165) is 0 Å². The molecule has 0 saturated carbocycles. The number of benzene rings is 1. The first kappa shape index (κ1) is 12.8. The molecular weight excluding hydrogens is 209 g/mol. The molecule has 0 unspecified atom stereocenters. The quantitative estimate of drug-likeness (QED) is 0.774. The maximum Gasteiger partial charge on any atom is 0.182 e. The summed E-state index contributed by atoms with van der Waals surface area (Å²) in [6, 6.07) is 7.23. The number of nitrogens with two attached hydrogens (primary N) is 1. The molecule has 0 aromatic heterocycles. The first-order valence-electron chi connectivity index (χ1n) is 5.01. The van der Waals surface area contributed by atoms with Crippen molar-refractivity contribution in [2.24, 2.45) is 5.73 Å². The summed E-state index contributed by atoms with van der Waals surface area (Å²) in [5, 5.41) is 0. The Hall–Kier alpha value is -1.26. The van der Waals surface area contributed by atoms with E-state index in [9.17, 15) is 9.18 Å². The van der Waals surface area contributed by atoms with Gasteiger partial charge in [-0.25, -0.2) is 4.39 Å². The molecule has 16 heavy (non-hydrogen) atoms. The molecule has 1 aromatic rings. The monoisotopic (exact) mass is 225 g/mol. The van der Waals surface area contributed by atoms with Gasteiger partial charge >= 0.3 is 0 Å². The summed E-state index contributed by atoms with van der Waals surface area (Å²) in [6.07, 6.45) is 0. The molecule has 0 radical (unpaired) electrons. The number of ketones is 1. The highest BCUT2D eigenvalue weighted by atomic mass is 19.1. The summed E-state index contributed by atoms with van der Waals surface area (Å²) in [7, 11) is 1.37. The van der Waals surface area contributed by atoms with Crippen LogP contribution in [0, 0.1) is 0 Å². The van der Waals surface area contributed by atoms with Gasteiger partial charge < -0.3 is 10.5 Å². The number of hydrogen-bond acceptors (Lipinski definition) is 3. The molecule has 0 aliphatic carbocycles. The predicted molar refractivity (Wildman–Crippen MR) is 60.1 cm³/mol. The number of halogens is 1. The van der Waals surface area contributed by atoms with E-state index in [2.05, 4.69) is 0 Å². The smallest absolute Gasteiger partial charge is 0.182 e. The van der Waals surface area contributed by atoms with Crippen LogP contribution in [0.1, 0.15) is 17.3 Å². The molecule has 88 valence electrons. The van der Waals surface area contributed by atoms with Crippen LogP contribution < -0.4 is 5.73 Å². The van der Waals surface area contributed by atoms with Gasteiger partial charge in [0.25, 0.3) is 0 Å². The molecule has 1 rings (SSSR count). The summed E-state index contributed by atoms with van der Waals surface area (Å²) in [5.74, 6) is -0.414. The number of hydrogen-bond donors (Lipinski definition) is 1. The van der Waals surface area contributed by atoms with Gasteiger partial charge in [-0.3, -0.25) is 4.79 Å². The fraction of sp³-hybridized carbons (Fsp3) is 0.417. The van der Waals surface area contributed by atoms with Crippen molar-refractivity contribution in [1.82, 2.24) is 0 Å². The number of alkyl halides is 1. The molecule has 2 N–H and O–H groups in total. The fourth-order valence-corrected chi connectivity index (χ4v) is 1.43. The molecule has 0 aliphatic rings. The molecule has 3 nitrogen and oxygen atoms in total. The van der Waals surface area contributed by atoms with E-state index in [1.807, 2.05) is 0 Å². The molecule has 0 heterocycles. The second-order valence-corrected chi connectivity index (χ2v) is 3.92. The zero-order valence-electron chi connectivity index (χ0n) is 9.44. The number of Topliss-reactive ketones (excluding diaryl/α,β-unsaturated/α-hetero) is 1. The van der Waals surface area contributed by atoms with E-state index in [0.29, 0.717) is 5.56 Å². The highest BCUT2D eigenvalue weighted by Gasteiger charge is 2.37. The highest BCUT2D eigenvalue weighted by Crippen LogP contribution is 2.18. The van der Waals surface area contributed by atoms with Crippen molar-refractivity contribution < 1.29 is 13.9 Å². The van der Waals surface area contributed by atoms with Gasteiger partial charge in [0.2, 0.25) is 0 Å². The Bertz CT molecular complexity index is 351. The predicted octanol–water partition coefficient (Wildman–Crippen LogP) is 1.57. The number of carbonyl (C=O) groups is 1. The Morgan fingerprint density at radius 2 is 2.06 bits per heavy atom. The van der Waals surface area contributed by atoms with Crippen LogP contribution in [0.25, 0.3) is 0 Å². The number of carbonyl (C=O) groups excluding carboxylic acids is 1. The fourth-order valence-electron chi connectivity index (χ4n) is 1.43. The minimum atomic E-state index is -1.86. The van der Waals surface area contributed by atoms with Crippen LogP contribution in [0.2, 0.25) is 0 Å². The van der Waals surface area contributed by atoms with Crippen LogP contribution >= 0.6 is 0 Å². The lowest BCUT2D eigenvalue weighted by Crippen LogP contribution is -2.50. The summed E-state index contributed by atoms with van der Waals surface area (Å²) in [5.41, 5.74) is 4.16. The largest absolute Gasteiger partial charge is 0.381 e. The van der Waals surface area contributed by atoms with Gasteiger partial charge in [0.05, 0.1) is 6.61 Å². The van der Waals surface area contributed by atoms with Crippen molar-refractivity contribution in [1.29, 1.82) is 0 Å². The van der Waals surface area contributed by atoms with Gasteiger partial charge in [-0.2, -0.15) is 0 Å². The second-order valence-electron chi connectivity index (χ2n) is 3.92. The summed E-state index contributed by atoms with van der Waals surface area (Å²) in [4.78, 5) is 11.8. The van der Waals surface area contributed by atoms with Crippen LogP contribution in [-0.2, 0) is 4.74 Å². The SMILES string of the molecule is COC[C@@](C)(F)[C@H](N)C(=O)c1ccccc1. The van der Waals surface area contributed by atoms with E-state index in [4.69, 9.17) is 10.5 Å². The van der Waals surface area contributed by atoms with Gasteiger partial charge in [-0.15, -0.1) is 0 Å². The van der Waals surface area contributed by atoms with Crippen LogP contribution in [-0.4, -0.2) is 31.2 Å². The molecule has 0 bridgehead atoms. The van der Waals surface area contributed by atoms with E-state index in [-0.39, 0.29) is 6.61 Å². The summed E-state index contributed by atoms with van der Waals surface area (Å²) < 4.78 is 18.7. The molecule has 1 aromatic carbocycles. The lowest BCUT2D eigenvalue weighted by Gasteiger charge is -2.25. The molecule has 0 aliphatic heterocycles. The average Bonchev–Trinajstić information content (AvgIpc) is 2.28. The summed E-state index contributed by atoms with van der Waals surface area (Å²) in [6.45, 7) is 1.06. The maximum absolute atomic E-state index is 13.9. The third kappa shape index (κ3) is 2.87. The Labute approximate surface area is 94.4 Å². The molecule has 0 spiro atoms. The van der Waals surface area contributed by atoms with E-state index >= 15 is 0 Å². The van der Waals surface area contributed by atoms with E-state index in [1.54, 1.807) is 30.3 Å². The number of methoxy groups -OCH3 is 1. The summed E-state index contributed by atoms with van der Waals surface area (Å²) >= 11 is 0. The van der Waals surface area contributed by atoms with Gasteiger partial charge in [-0.05, 0) is 6.92 Å². The third-order valence-corrected chi connectivity index (χ3v) is 2.42. The molecule has 0 saturated heterocycles. The lowest BCUT2D eigenvalue weighted by molar-refractivity contribution is 0.0334. The van der Waals surface area contributed by atoms with Crippen molar-refractivity contribution in [3.05, 3.63) is 35.9 Å². The minimum Gasteiger partial charge on any atom is -0.381 e. The van der Waals surface area contributed by atoms with Crippen molar-refractivity contribution in [2.45, 2.75) is 18.6 Å². The second kappa shape index (κ2) is 5.18. The van der Waals surface area contributed by atoms with Gasteiger partial charge in [0, 0.05) is 12.7 Å². The number of ether oxygens (including phenoxy) is 1.